The van der Waals surface area contributed by atoms with Crippen LogP contribution in [-0.4, -0.2) is 15.0 Å². The number of aryl methyl sites for hydroxylation is 2. The van der Waals surface area contributed by atoms with Crippen molar-refractivity contribution in [1.82, 2.24) is 15.0 Å². The summed E-state index contributed by atoms with van der Waals surface area (Å²) in [6.07, 6.45) is 1.35. The van der Waals surface area contributed by atoms with Crippen molar-refractivity contribution in [2.45, 2.75) is 26.7 Å². The number of hydrogen-bond donors (Lipinski definition) is 1. The average Bonchev–Trinajstić information content (AvgIpc) is 2.72. The fourth-order valence-corrected chi connectivity index (χ4v) is 3.36. The molecule has 4 rings (SSSR count). The van der Waals surface area contributed by atoms with Gasteiger partial charge in [-0.25, -0.2) is 4.98 Å². The Bertz CT molecular complexity index is 1010. The standard InChI is InChI=1S/C25H24N4/c1-18-10-9-11-19(2)24(18)29-25-27-22(16-20-12-5-3-6-13-20)26-23(28-25)17-21-14-7-4-8-15-21/h3-15H,16-17H2,1-2H3,(H,26,27,28,29). The summed E-state index contributed by atoms with van der Waals surface area (Å²) < 4.78 is 0. The average molecular weight is 380 g/mol. The second-order valence-corrected chi connectivity index (χ2v) is 7.21. The van der Waals surface area contributed by atoms with E-state index in [0.29, 0.717) is 18.8 Å². The molecule has 0 fully saturated rings. The highest BCUT2D eigenvalue weighted by Crippen LogP contribution is 2.23. The van der Waals surface area contributed by atoms with E-state index in [-0.39, 0.29) is 0 Å². The van der Waals surface area contributed by atoms with Crippen LogP contribution in [0.2, 0.25) is 0 Å². The molecule has 0 aliphatic heterocycles. The van der Waals surface area contributed by atoms with E-state index in [1.807, 2.05) is 36.4 Å². The van der Waals surface area contributed by atoms with Crippen molar-refractivity contribution in [3.8, 4) is 0 Å². The molecule has 3 aromatic carbocycles. The molecule has 4 heteroatoms. The summed E-state index contributed by atoms with van der Waals surface area (Å²) >= 11 is 0. The topological polar surface area (TPSA) is 50.7 Å². The fourth-order valence-electron chi connectivity index (χ4n) is 3.36. The van der Waals surface area contributed by atoms with Gasteiger partial charge in [-0.3, -0.25) is 0 Å². The van der Waals surface area contributed by atoms with Crippen LogP contribution in [0.5, 0.6) is 0 Å². The van der Waals surface area contributed by atoms with Crippen molar-refractivity contribution in [1.29, 1.82) is 0 Å². The molecule has 0 unspecified atom stereocenters. The Labute approximate surface area is 171 Å². The van der Waals surface area contributed by atoms with Crippen LogP contribution in [-0.2, 0) is 12.8 Å². The van der Waals surface area contributed by atoms with Gasteiger partial charge in [0, 0.05) is 18.5 Å². The largest absolute Gasteiger partial charge is 0.324 e. The maximum absolute atomic E-state index is 4.75. The number of benzene rings is 3. The van der Waals surface area contributed by atoms with Crippen LogP contribution >= 0.6 is 0 Å². The summed E-state index contributed by atoms with van der Waals surface area (Å²) in [4.78, 5) is 14.2. The molecule has 29 heavy (non-hydrogen) atoms. The maximum atomic E-state index is 4.75. The summed E-state index contributed by atoms with van der Waals surface area (Å²) in [5.41, 5.74) is 5.75. The Morgan fingerprint density at radius 3 is 1.55 bits per heavy atom. The predicted octanol–water partition coefficient (Wildman–Crippen LogP) is 5.41. The lowest BCUT2D eigenvalue weighted by Crippen LogP contribution is -2.09. The monoisotopic (exact) mass is 380 g/mol. The molecule has 4 aromatic rings. The van der Waals surface area contributed by atoms with E-state index >= 15 is 0 Å². The third-order valence-electron chi connectivity index (χ3n) is 4.86. The van der Waals surface area contributed by atoms with Crippen LogP contribution < -0.4 is 5.32 Å². The van der Waals surface area contributed by atoms with Crippen LogP contribution in [0.3, 0.4) is 0 Å². The lowest BCUT2D eigenvalue weighted by Gasteiger charge is -2.13. The van der Waals surface area contributed by atoms with Gasteiger partial charge in [-0.1, -0.05) is 78.9 Å². The van der Waals surface area contributed by atoms with Gasteiger partial charge in [-0.15, -0.1) is 0 Å². The van der Waals surface area contributed by atoms with Crippen molar-refractivity contribution in [3.05, 3.63) is 113 Å². The second kappa shape index (κ2) is 8.65. The van der Waals surface area contributed by atoms with E-state index in [0.717, 1.165) is 17.3 Å². The quantitative estimate of drug-likeness (QED) is 0.486. The molecule has 4 nitrogen and oxygen atoms in total. The van der Waals surface area contributed by atoms with E-state index in [1.165, 1.54) is 22.3 Å². The lowest BCUT2D eigenvalue weighted by atomic mass is 10.1. The van der Waals surface area contributed by atoms with Crippen molar-refractivity contribution in [2.75, 3.05) is 5.32 Å². The summed E-state index contributed by atoms with van der Waals surface area (Å²) in [5, 5.41) is 3.43. The van der Waals surface area contributed by atoms with Gasteiger partial charge in [0.15, 0.2) is 0 Å². The first-order valence-corrected chi connectivity index (χ1v) is 9.82. The van der Waals surface area contributed by atoms with Crippen LogP contribution in [0.4, 0.5) is 11.6 Å². The van der Waals surface area contributed by atoms with Crippen molar-refractivity contribution in [3.63, 3.8) is 0 Å². The van der Waals surface area contributed by atoms with E-state index < -0.39 is 0 Å². The third-order valence-corrected chi connectivity index (χ3v) is 4.86. The van der Waals surface area contributed by atoms with Gasteiger partial charge in [0.2, 0.25) is 5.95 Å². The van der Waals surface area contributed by atoms with Gasteiger partial charge < -0.3 is 5.32 Å². The Balaban J connectivity index is 1.69. The first-order chi connectivity index (χ1) is 14.2. The molecule has 1 aromatic heterocycles. The summed E-state index contributed by atoms with van der Waals surface area (Å²) in [6.45, 7) is 4.18. The van der Waals surface area contributed by atoms with E-state index in [2.05, 4.69) is 61.6 Å². The lowest BCUT2D eigenvalue weighted by molar-refractivity contribution is 0.856. The molecule has 0 amide bonds. The minimum atomic E-state index is 0.592. The molecule has 0 aliphatic rings. The van der Waals surface area contributed by atoms with Crippen molar-refractivity contribution >= 4 is 11.6 Å². The molecule has 0 saturated heterocycles. The summed E-state index contributed by atoms with van der Waals surface area (Å²) in [7, 11) is 0. The van der Waals surface area contributed by atoms with Crippen molar-refractivity contribution in [2.24, 2.45) is 0 Å². The zero-order chi connectivity index (χ0) is 20.1. The Morgan fingerprint density at radius 2 is 1.07 bits per heavy atom. The molecule has 1 N–H and O–H groups in total. The first kappa shape index (κ1) is 18.8. The number of rotatable bonds is 6. The Hall–Kier alpha value is -3.53. The first-order valence-electron chi connectivity index (χ1n) is 9.82. The minimum absolute atomic E-state index is 0.592. The van der Waals surface area contributed by atoms with Crippen LogP contribution in [0.1, 0.15) is 33.9 Å². The van der Waals surface area contributed by atoms with Crippen molar-refractivity contribution < 1.29 is 0 Å². The molecule has 0 spiro atoms. The highest BCUT2D eigenvalue weighted by atomic mass is 15.2. The van der Waals surface area contributed by atoms with Crippen LogP contribution in [0.25, 0.3) is 0 Å². The fraction of sp³-hybridized carbons (Fsp3) is 0.160. The van der Waals surface area contributed by atoms with E-state index in [1.54, 1.807) is 0 Å². The molecule has 1 heterocycles. The Kier molecular flexibility index (Phi) is 5.61. The van der Waals surface area contributed by atoms with Gasteiger partial charge in [-0.05, 0) is 36.1 Å². The van der Waals surface area contributed by atoms with Crippen LogP contribution in [0, 0.1) is 13.8 Å². The second-order valence-electron chi connectivity index (χ2n) is 7.21. The third kappa shape index (κ3) is 4.85. The Morgan fingerprint density at radius 1 is 0.586 bits per heavy atom. The normalized spacial score (nSPS) is 10.7. The van der Waals surface area contributed by atoms with Crippen LogP contribution in [0.15, 0.2) is 78.9 Å². The van der Waals surface area contributed by atoms with Gasteiger partial charge in [0.05, 0.1) is 0 Å². The number of aromatic nitrogens is 3. The number of hydrogen-bond acceptors (Lipinski definition) is 4. The molecular weight excluding hydrogens is 356 g/mol. The number of nitrogens with zero attached hydrogens (tertiary/aromatic N) is 3. The van der Waals surface area contributed by atoms with Gasteiger partial charge >= 0.3 is 0 Å². The smallest absolute Gasteiger partial charge is 0.230 e. The number of para-hydroxylation sites is 1. The highest BCUT2D eigenvalue weighted by molar-refractivity contribution is 5.62. The predicted molar refractivity (Wildman–Crippen MR) is 118 cm³/mol. The highest BCUT2D eigenvalue weighted by Gasteiger charge is 2.11. The zero-order valence-electron chi connectivity index (χ0n) is 16.8. The molecule has 0 saturated carbocycles. The summed E-state index contributed by atoms with van der Waals surface area (Å²) in [6, 6.07) is 26.8. The van der Waals surface area contributed by atoms with E-state index in [4.69, 9.17) is 15.0 Å². The molecule has 0 aliphatic carbocycles. The molecule has 0 bridgehead atoms. The van der Waals surface area contributed by atoms with E-state index in [9.17, 15) is 0 Å². The SMILES string of the molecule is Cc1cccc(C)c1Nc1nc(Cc2ccccc2)nc(Cc2ccccc2)n1. The van der Waals surface area contributed by atoms with Gasteiger partial charge in [0.1, 0.15) is 11.6 Å². The minimum Gasteiger partial charge on any atom is -0.324 e. The molecule has 144 valence electrons. The number of anilines is 2. The zero-order valence-corrected chi connectivity index (χ0v) is 16.8. The molecule has 0 atom stereocenters. The summed E-state index contributed by atoms with van der Waals surface area (Å²) in [5.74, 6) is 2.13. The van der Waals surface area contributed by atoms with Gasteiger partial charge in [-0.2, -0.15) is 9.97 Å². The molecular formula is C25H24N4. The van der Waals surface area contributed by atoms with Gasteiger partial charge in [0.25, 0.3) is 0 Å². The maximum Gasteiger partial charge on any atom is 0.230 e. The molecule has 0 radical (unpaired) electrons. The number of nitrogens with one attached hydrogen (secondary N) is 1.